The van der Waals surface area contributed by atoms with Gasteiger partial charge in [0.05, 0.1) is 11.1 Å². The second kappa shape index (κ2) is 4.22. The average Bonchev–Trinajstić information content (AvgIpc) is 3.09. The number of aromatic nitrogens is 2. The second-order valence-corrected chi connectivity index (χ2v) is 5.05. The third kappa shape index (κ3) is 1.79. The normalized spacial score (nSPS) is 11.0. The minimum absolute atomic E-state index is 0.557. The third-order valence-corrected chi connectivity index (χ3v) is 3.54. The fourth-order valence-electron chi connectivity index (χ4n) is 2.52. The molecule has 0 bridgehead atoms. The van der Waals surface area contributed by atoms with Gasteiger partial charge in [0.15, 0.2) is 11.6 Å². The SMILES string of the molecule is Cc1ccc2oc(-c3nc4c(C#N)cccc4[nH]3)cc2c1. The molecule has 0 aliphatic carbocycles. The van der Waals surface area contributed by atoms with Crippen LogP contribution in [0.5, 0.6) is 0 Å². The van der Waals surface area contributed by atoms with Gasteiger partial charge in [0.25, 0.3) is 0 Å². The number of benzene rings is 2. The standard InChI is InChI=1S/C17H11N3O/c1-10-5-6-14-12(7-10)8-15(21-14)17-19-13-4-2-3-11(9-18)16(13)20-17/h2-8H,1H3,(H,19,20). The van der Waals surface area contributed by atoms with E-state index in [0.29, 0.717) is 22.7 Å². The van der Waals surface area contributed by atoms with Gasteiger partial charge in [-0.1, -0.05) is 17.7 Å². The second-order valence-electron chi connectivity index (χ2n) is 5.05. The van der Waals surface area contributed by atoms with Crippen molar-refractivity contribution in [2.45, 2.75) is 6.92 Å². The Kier molecular flexibility index (Phi) is 2.36. The van der Waals surface area contributed by atoms with E-state index in [1.807, 2.05) is 37.3 Å². The molecule has 0 aliphatic rings. The lowest BCUT2D eigenvalue weighted by molar-refractivity contribution is 0.626. The van der Waals surface area contributed by atoms with Crippen molar-refractivity contribution in [1.82, 2.24) is 9.97 Å². The van der Waals surface area contributed by atoms with E-state index in [2.05, 4.69) is 22.1 Å². The molecule has 0 saturated carbocycles. The van der Waals surface area contributed by atoms with Crippen LogP contribution in [0.1, 0.15) is 11.1 Å². The van der Waals surface area contributed by atoms with Crippen molar-refractivity contribution < 1.29 is 4.42 Å². The van der Waals surface area contributed by atoms with E-state index in [-0.39, 0.29) is 0 Å². The molecule has 0 spiro atoms. The van der Waals surface area contributed by atoms with E-state index in [1.165, 1.54) is 5.56 Å². The zero-order valence-electron chi connectivity index (χ0n) is 11.3. The fourth-order valence-corrected chi connectivity index (χ4v) is 2.52. The number of aromatic amines is 1. The van der Waals surface area contributed by atoms with Crippen LogP contribution < -0.4 is 0 Å². The Morgan fingerprint density at radius 1 is 1.19 bits per heavy atom. The lowest BCUT2D eigenvalue weighted by Gasteiger charge is -1.89. The van der Waals surface area contributed by atoms with Crippen LogP contribution in [0.4, 0.5) is 0 Å². The van der Waals surface area contributed by atoms with Gasteiger partial charge in [-0.2, -0.15) is 5.26 Å². The van der Waals surface area contributed by atoms with E-state index < -0.39 is 0 Å². The highest BCUT2D eigenvalue weighted by Crippen LogP contribution is 2.28. The number of aryl methyl sites for hydroxylation is 1. The quantitative estimate of drug-likeness (QED) is 0.566. The van der Waals surface area contributed by atoms with Gasteiger partial charge in [-0.15, -0.1) is 0 Å². The molecular formula is C17H11N3O. The number of imidazole rings is 1. The monoisotopic (exact) mass is 273 g/mol. The minimum atomic E-state index is 0.557. The molecule has 0 fully saturated rings. The molecule has 0 amide bonds. The molecule has 4 aromatic rings. The Bertz CT molecular complexity index is 1020. The number of nitriles is 1. The summed E-state index contributed by atoms with van der Waals surface area (Å²) in [5, 5.41) is 10.2. The first kappa shape index (κ1) is 11.7. The zero-order valence-corrected chi connectivity index (χ0v) is 11.3. The highest BCUT2D eigenvalue weighted by atomic mass is 16.3. The summed E-state index contributed by atoms with van der Waals surface area (Å²) in [6.45, 7) is 2.05. The van der Waals surface area contributed by atoms with E-state index in [4.69, 9.17) is 9.68 Å². The van der Waals surface area contributed by atoms with Crippen LogP contribution in [-0.4, -0.2) is 9.97 Å². The highest BCUT2D eigenvalue weighted by molar-refractivity contribution is 5.86. The number of hydrogen-bond acceptors (Lipinski definition) is 3. The molecule has 4 rings (SSSR count). The Morgan fingerprint density at radius 2 is 2.10 bits per heavy atom. The molecule has 21 heavy (non-hydrogen) atoms. The largest absolute Gasteiger partial charge is 0.453 e. The summed E-state index contributed by atoms with van der Waals surface area (Å²) < 4.78 is 5.84. The molecule has 4 nitrogen and oxygen atoms in total. The number of furan rings is 1. The number of hydrogen-bond donors (Lipinski definition) is 1. The molecule has 100 valence electrons. The highest BCUT2D eigenvalue weighted by Gasteiger charge is 2.12. The Balaban J connectivity index is 1.94. The minimum Gasteiger partial charge on any atom is -0.453 e. The van der Waals surface area contributed by atoms with Gasteiger partial charge < -0.3 is 9.40 Å². The van der Waals surface area contributed by atoms with Crippen LogP contribution >= 0.6 is 0 Å². The lowest BCUT2D eigenvalue weighted by Crippen LogP contribution is -1.77. The number of nitrogens with zero attached hydrogens (tertiary/aromatic N) is 2. The smallest absolute Gasteiger partial charge is 0.174 e. The molecule has 0 saturated heterocycles. The van der Waals surface area contributed by atoms with Crippen molar-refractivity contribution in [2.75, 3.05) is 0 Å². The van der Waals surface area contributed by atoms with E-state index in [0.717, 1.165) is 16.5 Å². The number of rotatable bonds is 1. The van der Waals surface area contributed by atoms with Gasteiger partial charge in [0, 0.05) is 5.39 Å². The Labute approximate surface area is 120 Å². The van der Waals surface area contributed by atoms with Crippen molar-refractivity contribution in [1.29, 1.82) is 5.26 Å². The topological polar surface area (TPSA) is 65.6 Å². The molecule has 2 aromatic carbocycles. The fraction of sp³-hybridized carbons (Fsp3) is 0.0588. The summed E-state index contributed by atoms with van der Waals surface area (Å²) in [5.41, 5.74) is 4.08. The van der Waals surface area contributed by atoms with Crippen molar-refractivity contribution in [3.63, 3.8) is 0 Å². The summed E-state index contributed by atoms with van der Waals surface area (Å²) >= 11 is 0. The van der Waals surface area contributed by atoms with Gasteiger partial charge in [-0.3, -0.25) is 0 Å². The molecular weight excluding hydrogens is 262 g/mol. The summed E-state index contributed by atoms with van der Waals surface area (Å²) in [4.78, 5) is 7.71. The third-order valence-electron chi connectivity index (χ3n) is 3.54. The summed E-state index contributed by atoms with van der Waals surface area (Å²) in [6, 6.07) is 15.7. The maximum Gasteiger partial charge on any atom is 0.174 e. The van der Waals surface area contributed by atoms with Gasteiger partial charge in [0.1, 0.15) is 17.2 Å². The van der Waals surface area contributed by atoms with Crippen LogP contribution in [0.25, 0.3) is 33.6 Å². The van der Waals surface area contributed by atoms with Crippen LogP contribution in [0, 0.1) is 18.3 Å². The number of nitrogens with one attached hydrogen (secondary N) is 1. The van der Waals surface area contributed by atoms with E-state index in [9.17, 15) is 0 Å². The summed E-state index contributed by atoms with van der Waals surface area (Å²) in [6.07, 6.45) is 0. The maximum absolute atomic E-state index is 9.13. The molecule has 2 aromatic heterocycles. The van der Waals surface area contributed by atoms with Gasteiger partial charge in [-0.05, 0) is 37.3 Å². The predicted octanol–water partition coefficient (Wildman–Crippen LogP) is 4.16. The van der Waals surface area contributed by atoms with Crippen LogP contribution in [-0.2, 0) is 0 Å². The number of H-pyrrole nitrogens is 1. The van der Waals surface area contributed by atoms with Crippen molar-refractivity contribution in [2.24, 2.45) is 0 Å². The van der Waals surface area contributed by atoms with Crippen LogP contribution in [0.15, 0.2) is 46.9 Å². The molecule has 0 atom stereocenters. The summed E-state index contributed by atoms with van der Waals surface area (Å²) in [7, 11) is 0. The lowest BCUT2D eigenvalue weighted by atomic mass is 10.2. The molecule has 2 heterocycles. The summed E-state index contributed by atoms with van der Waals surface area (Å²) in [5.74, 6) is 1.32. The first-order valence-corrected chi connectivity index (χ1v) is 6.64. The zero-order chi connectivity index (χ0) is 14.4. The van der Waals surface area contributed by atoms with Crippen molar-refractivity contribution in [3.05, 3.63) is 53.6 Å². The van der Waals surface area contributed by atoms with Crippen molar-refractivity contribution >= 4 is 22.0 Å². The number of para-hydroxylation sites is 1. The average molecular weight is 273 g/mol. The van der Waals surface area contributed by atoms with Crippen LogP contribution in [0.3, 0.4) is 0 Å². The first-order valence-electron chi connectivity index (χ1n) is 6.64. The Morgan fingerprint density at radius 3 is 2.95 bits per heavy atom. The molecule has 4 heteroatoms. The first-order chi connectivity index (χ1) is 10.2. The molecule has 0 unspecified atom stereocenters. The molecule has 0 aliphatic heterocycles. The molecule has 0 radical (unpaired) electrons. The predicted molar refractivity (Wildman–Crippen MR) is 80.8 cm³/mol. The Hall–Kier alpha value is -3.06. The van der Waals surface area contributed by atoms with Crippen molar-refractivity contribution in [3.8, 4) is 17.7 Å². The number of fused-ring (bicyclic) bond motifs is 2. The molecule has 1 N–H and O–H groups in total. The van der Waals surface area contributed by atoms with Gasteiger partial charge >= 0.3 is 0 Å². The van der Waals surface area contributed by atoms with Crippen LogP contribution in [0.2, 0.25) is 0 Å². The van der Waals surface area contributed by atoms with E-state index >= 15 is 0 Å². The van der Waals surface area contributed by atoms with Gasteiger partial charge in [-0.25, -0.2) is 4.98 Å². The van der Waals surface area contributed by atoms with E-state index in [1.54, 1.807) is 6.07 Å². The maximum atomic E-state index is 9.13. The van der Waals surface area contributed by atoms with Gasteiger partial charge in [0.2, 0.25) is 0 Å².